The van der Waals surface area contributed by atoms with Crippen molar-refractivity contribution in [3.05, 3.63) is 86.2 Å². The summed E-state index contributed by atoms with van der Waals surface area (Å²) in [6, 6.07) is 10.7. The molecule has 0 aliphatic carbocycles. The van der Waals surface area contributed by atoms with E-state index in [-0.39, 0.29) is 54.7 Å². The Balaban J connectivity index is 0.00000768. The highest BCUT2D eigenvalue weighted by atomic mass is 35.5. The Bertz CT molecular complexity index is 1500. The summed E-state index contributed by atoms with van der Waals surface area (Å²) >= 11 is 0. The molecular weight excluding hydrogens is 651 g/mol. The van der Waals surface area contributed by atoms with Crippen LogP contribution in [0.2, 0.25) is 0 Å². The number of allylic oxidation sites excluding steroid dienone is 2. The lowest BCUT2D eigenvalue weighted by molar-refractivity contribution is -0.384. The van der Waals surface area contributed by atoms with Crippen LogP contribution in [0.5, 0.6) is 11.5 Å². The quantitative estimate of drug-likeness (QED) is 0.104. The van der Waals surface area contributed by atoms with Crippen LogP contribution < -0.4 is 20.1 Å². The van der Waals surface area contributed by atoms with Crippen LogP contribution in [0.4, 0.5) is 18.9 Å². The molecule has 12 nitrogen and oxygen atoms in total. The summed E-state index contributed by atoms with van der Waals surface area (Å²) in [4.78, 5) is 36.6. The van der Waals surface area contributed by atoms with Gasteiger partial charge in [0.1, 0.15) is 29.9 Å². The van der Waals surface area contributed by atoms with Gasteiger partial charge in [-0.05, 0) is 50.9 Å². The van der Waals surface area contributed by atoms with Gasteiger partial charge in [0.2, 0.25) is 0 Å². The maximum absolute atomic E-state index is 14.2. The second kappa shape index (κ2) is 17.5. The minimum absolute atomic E-state index is 0. The smallest absolute Gasteiger partial charge is 0.431 e. The lowest BCUT2D eigenvalue weighted by Gasteiger charge is -2.32. The van der Waals surface area contributed by atoms with Crippen molar-refractivity contribution in [3.8, 4) is 11.5 Å². The first-order chi connectivity index (χ1) is 21.8. The summed E-state index contributed by atoms with van der Waals surface area (Å²) in [5.41, 5.74) is -2.90. The maximum atomic E-state index is 14.2. The molecule has 16 heteroatoms. The molecule has 1 unspecified atom stereocenters. The van der Waals surface area contributed by atoms with Crippen molar-refractivity contribution in [2.45, 2.75) is 44.9 Å². The molecule has 1 aliphatic rings. The van der Waals surface area contributed by atoms with Crippen LogP contribution in [-0.2, 0) is 19.1 Å². The van der Waals surface area contributed by atoms with Gasteiger partial charge in [-0.3, -0.25) is 10.1 Å². The number of carbonyl (C=O) groups is 2. The van der Waals surface area contributed by atoms with Crippen LogP contribution >= 0.6 is 12.4 Å². The van der Waals surface area contributed by atoms with Gasteiger partial charge in [-0.2, -0.15) is 13.2 Å². The summed E-state index contributed by atoms with van der Waals surface area (Å²) in [5, 5.41) is 27.0. The van der Waals surface area contributed by atoms with Gasteiger partial charge in [0.25, 0.3) is 5.69 Å². The van der Waals surface area contributed by atoms with E-state index in [1.807, 2.05) is 31.2 Å². The molecule has 47 heavy (non-hydrogen) atoms. The van der Waals surface area contributed by atoms with Crippen LogP contribution in [0.15, 0.2) is 65.0 Å². The third-order valence-corrected chi connectivity index (χ3v) is 7.08. The van der Waals surface area contributed by atoms with E-state index in [4.69, 9.17) is 14.2 Å². The Morgan fingerprint density at radius 1 is 1.02 bits per heavy atom. The summed E-state index contributed by atoms with van der Waals surface area (Å²) in [7, 11) is 1.88. The highest BCUT2D eigenvalue weighted by molar-refractivity contribution is 6.00. The van der Waals surface area contributed by atoms with E-state index in [9.17, 15) is 38.0 Å². The molecular formula is C31H37ClF3N3O9. The number of rotatable bonds is 15. The second-order valence-corrected chi connectivity index (χ2v) is 10.3. The van der Waals surface area contributed by atoms with Crippen molar-refractivity contribution in [1.29, 1.82) is 0 Å². The fourth-order valence-corrected chi connectivity index (χ4v) is 4.85. The van der Waals surface area contributed by atoms with Gasteiger partial charge in [-0.15, -0.1) is 12.4 Å². The molecule has 2 atom stereocenters. The molecule has 1 aliphatic heterocycles. The van der Waals surface area contributed by atoms with Crippen LogP contribution in [0, 0.1) is 17.0 Å². The van der Waals surface area contributed by atoms with E-state index in [0.29, 0.717) is 25.1 Å². The number of benzene rings is 2. The van der Waals surface area contributed by atoms with Crippen molar-refractivity contribution in [2.75, 3.05) is 40.5 Å². The second-order valence-electron chi connectivity index (χ2n) is 10.3. The van der Waals surface area contributed by atoms with E-state index >= 15 is 0 Å². The average molecular weight is 688 g/mol. The van der Waals surface area contributed by atoms with Crippen molar-refractivity contribution in [3.63, 3.8) is 0 Å². The van der Waals surface area contributed by atoms with Crippen LogP contribution in [-0.4, -0.2) is 74.8 Å². The summed E-state index contributed by atoms with van der Waals surface area (Å²) in [6.07, 6.45) is -4.83. The first-order valence-corrected chi connectivity index (χ1v) is 14.2. The highest BCUT2D eigenvalue weighted by Gasteiger charge is 2.48. The molecule has 3 N–H and O–H groups in total. The number of aliphatic hydroxyl groups excluding tert-OH is 1. The number of nitro benzene ring substituents is 1. The molecule has 2 aromatic carbocycles. The number of nitro groups is 1. The Kier molecular flexibility index (Phi) is 14.5. The van der Waals surface area contributed by atoms with Gasteiger partial charge in [-0.1, -0.05) is 18.2 Å². The Morgan fingerprint density at radius 3 is 2.30 bits per heavy atom. The zero-order valence-electron chi connectivity index (χ0n) is 26.1. The fraction of sp³-hybridized carbons (Fsp3) is 0.419. The van der Waals surface area contributed by atoms with Crippen molar-refractivity contribution < 1.29 is 51.7 Å². The molecule has 0 bridgehead atoms. The number of aryl methyl sites for hydroxylation is 1. The number of halogens is 4. The molecule has 0 radical (unpaired) electrons. The number of alkyl halides is 3. The van der Waals surface area contributed by atoms with Crippen LogP contribution in [0.1, 0.15) is 36.8 Å². The van der Waals surface area contributed by atoms with E-state index < -0.39 is 52.0 Å². The number of esters is 2. The number of ether oxygens (including phenoxy) is 4. The number of non-ortho nitro benzene ring substituents is 1. The van der Waals surface area contributed by atoms with E-state index in [1.54, 1.807) is 0 Å². The molecule has 0 saturated heterocycles. The number of nitrogens with zero attached hydrogens (tertiary/aromatic N) is 1. The summed E-state index contributed by atoms with van der Waals surface area (Å²) in [5.74, 6) is -3.65. The van der Waals surface area contributed by atoms with Crippen molar-refractivity contribution in [1.82, 2.24) is 10.6 Å². The van der Waals surface area contributed by atoms with Gasteiger partial charge < -0.3 is 34.7 Å². The first-order valence-electron chi connectivity index (χ1n) is 14.2. The van der Waals surface area contributed by atoms with Gasteiger partial charge in [0.15, 0.2) is 0 Å². The Hall–Kier alpha value is -4.34. The normalized spacial score (nSPS) is 15.3. The van der Waals surface area contributed by atoms with E-state index in [0.717, 1.165) is 31.9 Å². The topological polar surface area (TPSA) is 158 Å². The molecule has 0 spiro atoms. The molecule has 2 aromatic rings. The van der Waals surface area contributed by atoms with Crippen LogP contribution in [0.25, 0.3) is 0 Å². The number of unbranched alkanes of at least 4 members (excludes halogenated alkanes) is 1. The minimum atomic E-state index is -5.08. The highest BCUT2D eigenvalue weighted by Crippen LogP contribution is 2.46. The SMILES string of the molecule is COC(=O)C1=C(C)NC(C(F)(F)F)=C(C(=O)OC)C1c1cc([N+](=O)[O-])ccc1OCCCCNC[C@@H](O)COc1ccccc1C.Cl. The fourth-order valence-electron chi connectivity index (χ4n) is 4.85. The lowest BCUT2D eigenvalue weighted by Crippen LogP contribution is -2.38. The number of hydrogen-bond donors (Lipinski definition) is 3. The van der Waals surface area contributed by atoms with Gasteiger partial charge in [0.05, 0.1) is 42.8 Å². The first kappa shape index (κ1) is 38.8. The number of aliphatic hydroxyl groups is 1. The minimum Gasteiger partial charge on any atom is -0.493 e. The van der Waals surface area contributed by atoms with E-state index in [2.05, 4.69) is 15.4 Å². The average Bonchev–Trinajstić information content (AvgIpc) is 3.02. The largest absolute Gasteiger partial charge is 0.493 e. The zero-order valence-corrected chi connectivity index (χ0v) is 27.0. The standard InChI is InChI=1S/C31H36F3N3O9.ClH/c1-18-9-5-6-10-23(18)46-17-21(38)16-35-13-7-8-14-45-24-12-11-20(37(41)42)15-22(24)26-25(29(39)43-3)19(2)36-28(31(32,33)34)27(26)30(40)44-4;/h5-6,9-12,15,21,26,35-36,38H,7-8,13-14,16-17H2,1-4H3;1H/t21-,26?;/m1./s1. The molecule has 258 valence electrons. The third kappa shape index (κ3) is 10.1. The Morgan fingerprint density at radius 2 is 1.68 bits per heavy atom. The summed E-state index contributed by atoms with van der Waals surface area (Å²) < 4.78 is 63.5. The number of carbonyl (C=O) groups excluding carboxylic acids is 2. The number of dihydropyridines is 1. The van der Waals surface area contributed by atoms with Crippen molar-refractivity contribution in [2.24, 2.45) is 0 Å². The maximum Gasteiger partial charge on any atom is 0.431 e. The molecule has 3 rings (SSSR count). The van der Waals surface area contributed by atoms with E-state index in [1.165, 1.54) is 13.0 Å². The molecule has 0 fully saturated rings. The number of para-hydroxylation sites is 1. The van der Waals surface area contributed by atoms with Gasteiger partial charge in [0, 0.05) is 29.9 Å². The number of hydrogen-bond acceptors (Lipinski definition) is 11. The monoisotopic (exact) mass is 687 g/mol. The lowest BCUT2D eigenvalue weighted by atomic mass is 9.79. The molecule has 0 amide bonds. The zero-order chi connectivity index (χ0) is 34.0. The predicted octanol–water partition coefficient (Wildman–Crippen LogP) is 4.64. The number of nitrogens with one attached hydrogen (secondary N) is 2. The molecule has 0 saturated carbocycles. The Labute approximate surface area is 275 Å². The van der Waals surface area contributed by atoms with Gasteiger partial charge >= 0.3 is 18.1 Å². The van der Waals surface area contributed by atoms with Gasteiger partial charge in [-0.25, -0.2) is 9.59 Å². The predicted molar refractivity (Wildman–Crippen MR) is 166 cm³/mol. The molecule has 1 heterocycles. The molecule has 0 aromatic heterocycles. The third-order valence-electron chi connectivity index (χ3n) is 7.08. The van der Waals surface area contributed by atoms with Crippen molar-refractivity contribution >= 4 is 30.0 Å². The summed E-state index contributed by atoms with van der Waals surface area (Å²) in [6.45, 7) is 3.98. The van der Waals surface area contributed by atoms with Crippen LogP contribution in [0.3, 0.4) is 0 Å². The number of methoxy groups -OCH3 is 2.